The molecule has 1 rings (SSSR count). The van der Waals surface area contributed by atoms with Gasteiger partial charge in [-0.1, -0.05) is 13.0 Å². The zero-order valence-corrected chi connectivity index (χ0v) is 10.6. The van der Waals surface area contributed by atoms with Crippen molar-refractivity contribution in [2.24, 2.45) is 0 Å². The summed E-state index contributed by atoms with van der Waals surface area (Å²) >= 11 is 0. The van der Waals surface area contributed by atoms with Crippen molar-refractivity contribution < 1.29 is 9.53 Å². The van der Waals surface area contributed by atoms with Crippen LogP contribution in [-0.4, -0.2) is 35.5 Å². The highest BCUT2D eigenvalue weighted by molar-refractivity contribution is 5.71. The van der Waals surface area contributed by atoms with Crippen molar-refractivity contribution >= 4 is 5.97 Å². The minimum absolute atomic E-state index is 0.162. The fourth-order valence-electron chi connectivity index (χ4n) is 1.67. The summed E-state index contributed by atoms with van der Waals surface area (Å²) in [6, 6.07) is 3.92. The van der Waals surface area contributed by atoms with Gasteiger partial charge in [0.2, 0.25) is 0 Å². The summed E-state index contributed by atoms with van der Waals surface area (Å²) in [7, 11) is 0. The molecule has 94 valence electrons. The largest absolute Gasteiger partial charge is 0.465 e. The number of ether oxygens (including phenoxy) is 1. The topological polar surface area (TPSA) is 42.4 Å². The van der Waals surface area contributed by atoms with Crippen LogP contribution in [0.1, 0.15) is 25.8 Å². The van der Waals surface area contributed by atoms with Gasteiger partial charge in [-0.2, -0.15) is 0 Å². The molecule has 0 N–H and O–H groups in total. The van der Waals surface area contributed by atoms with Crippen molar-refractivity contribution in [1.29, 1.82) is 0 Å². The first-order chi connectivity index (χ1) is 8.26. The third-order valence-corrected chi connectivity index (χ3v) is 2.33. The maximum absolute atomic E-state index is 11.4. The Hall–Kier alpha value is -1.42. The molecule has 17 heavy (non-hydrogen) atoms. The van der Waals surface area contributed by atoms with Gasteiger partial charge in [0.25, 0.3) is 0 Å². The fraction of sp³-hybridized carbons (Fsp3) is 0.538. The average Bonchev–Trinajstić information content (AvgIpc) is 2.31. The first-order valence-electron chi connectivity index (χ1n) is 6.03. The summed E-state index contributed by atoms with van der Waals surface area (Å²) in [5.74, 6) is -0.162. The summed E-state index contributed by atoms with van der Waals surface area (Å²) < 4.78 is 4.96. The van der Waals surface area contributed by atoms with E-state index in [0.29, 0.717) is 13.2 Å². The lowest BCUT2D eigenvalue weighted by molar-refractivity contribution is -0.144. The highest BCUT2D eigenvalue weighted by atomic mass is 16.5. The van der Waals surface area contributed by atoms with Crippen molar-refractivity contribution in [3.8, 4) is 0 Å². The normalized spacial score (nSPS) is 10.5. The van der Waals surface area contributed by atoms with Crippen LogP contribution < -0.4 is 0 Å². The monoisotopic (exact) mass is 236 g/mol. The molecule has 1 heterocycles. The van der Waals surface area contributed by atoms with Crippen molar-refractivity contribution in [3.05, 3.63) is 30.1 Å². The molecule has 0 saturated heterocycles. The van der Waals surface area contributed by atoms with Crippen molar-refractivity contribution in [2.75, 3.05) is 19.7 Å². The third kappa shape index (κ3) is 5.45. The molecule has 0 aliphatic heterocycles. The minimum atomic E-state index is -0.162. The second-order valence-electron chi connectivity index (χ2n) is 3.88. The lowest BCUT2D eigenvalue weighted by Crippen LogP contribution is -2.31. The van der Waals surface area contributed by atoms with E-state index < -0.39 is 0 Å². The number of carbonyl (C=O) groups is 1. The fourth-order valence-corrected chi connectivity index (χ4v) is 1.67. The molecular weight excluding hydrogens is 216 g/mol. The summed E-state index contributed by atoms with van der Waals surface area (Å²) in [6.45, 7) is 6.32. The molecule has 1 aromatic heterocycles. The zero-order chi connectivity index (χ0) is 12.5. The van der Waals surface area contributed by atoms with Gasteiger partial charge >= 0.3 is 5.97 Å². The average molecular weight is 236 g/mol. The van der Waals surface area contributed by atoms with E-state index in [-0.39, 0.29) is 5.97 Å². The summed E-state index contributed by atoms with van der Waals surface area (Å²) in [6.07, 6.45) is 4.59. The van der Waals surface area contributed by atoms with E-state index in [9.17, 15) is 4.79 Å². The molecule has 0 aliphatic rings. The predicted octanol–water partition coefficient (Wildman–Crippen LogP) is 1.86. The van der Waals surface area contributed by atoms with Crippen LogP contribution in [0.5, 0.6) is 0 Å². The van der Waals surface area contributed by atoms with Crippen molar-refractivity contribution in [1.82, 2.24) is 9.88 Å². The van der Waals surface area contributed by atoms with Crippen LogP contribution in [0.3, 0.4) is 0 Å². The smallest absolute Gasteiger partial charge is 0.320 e. The molecule has 0 atom stereocenters. The minimum Gasteiger partial charge on any atom is -0.465 e. The lowest BCUT2D eigenvalue weighted by atomic mass is 10.2. The Morgan fingerprint density at radius 2 is 2.29 bits per heavy atom. The van der Waals surface area contributed by atoms with Gasteiger partial charge in [0, 0.05) is 18.9 Å². The van der Waals surface area contributed by atoms with Gasteiger partial charge in [-0.3, -0.25) is 14.7 Å². The SMILES string of the molecule is CCCN(CC(=O)OCC)Cc1cccnc1. The van der Waals surface area contributed by atoms with Crippen LogP contribution in [0.25, 0.3) is 0 Å². The zero-order valence-electron chi connectivity index (χ0n) is 10.6. The summed E-state index contributed by atoms with van der Waals surface area (Å²) in [4.78, 5) is 17.6. The highest BCUT2D eigenvalue weighted by Gasteiger charge is 2.11. The molecule has 0 saturated carbocycles. The maximum atomic E-state index is 11.4. The quantitative estimate of drug-likeness (QED) is 0.678. The van der Waals surface area contributed by atoms with E-state index in [1.165, 1.54) is 0 Å². The Bertz CT molecular complexity index is 327. The summed E-state index contributed by atoms with van der Waals surface area (Å²) in [5.41, 5.74) is 1.12. The van der Waals surface area contributed by atoms with Crippen LogP contribution in [0, 0.1) is 0 Å². The Balaban J connectivity index is 2.51. The number of hydrogen-bond donors (Lipinski definition) is 0. The molecular formula is C13H20N2O2. The molecule has 0 spiro atoms. The van der Waals surface area contributed by atoms with Gasteiger partial charge in [0.15, 0.2) is 0 Å². The van der Waals surface area contributed by atoms with Gasteiger partial charge in [-0.15, -0.1) is 0 Å². The number of aromatic nitrogens is 1. The number of hydrogen-bond acceptors (Lipinski definition) is 4. The highest BCUT2D eigenvalue weighted by Crippen LogP contribution is 2.03. The Morgan fingerprint density at radius 3 is 2.88 bits per heavy atom. The Kier molecular flexibility index (Phi) is 6.25. The number of nitrogens with zero attached hydrogens (tertiary/aromatic N) is 2. The van der Waals surface area contributed by atoms with Crippen LogP contribution in [0.2, 0.25) is 0 Å². The Labute approximate surface area is 103 Å². The van der Waals surface area contributed by atoms with E-state index in [2.05, 4.69) is 16.8 Å². The first-order valence-corrected chi connectivity index (χ1v) is 6.03. The van der Waals surface area contributed by atoms with E-state index in [1.54, 1.807) is 6.20 Å². The lowest BCUT2D eigenvalue weighted by Gasteiger charge is -2.20. The molecule has 1 aromatic rings. The number of pyridine rings is 1. The van der Waals surface area contributed by atoms with E-state index in [4.69, 9.17) is 4.74 Å². The number of rotatable bonds is 7. The van der Waals surface area contributed by atoms with E-state index in [1.807, 2.05) is 25.3 Å². The Morgan fingerprint density at radius 1 is 1.47 bits per heavy atom. The van der Waals surface area contributed by atoms with Crippen molar-refractivity contribution in [3.63, 3.8) is 0 Å². The second-order valence-corrected chi connectivity index (χ2v) is 3.88. The molecule has 0 aliphatic carbocycles. The first kappa shape index (κ1) is 13.6. The number of esters is 1. The van der Waals surface area contributed by atoms with Crippen LogP contribution in [-0.2, 0) is 16.1 Å². The molecule has 0 radical (unpaired) electrons. The van der Waals surface area contributed by atoms with Gasteiger partial charge < -0.3 is 4.74 Å². The van der Waals surface area contributed by atoms with E-state index >= 15 is 0 Å². The van der Waals surface area contributed by atoms with Crippen LogP contribution in [0.4, 0.5) is 0 Å². The molecule has 4 nitrogen and oxygen atoms in total. The van der Waals surface area contributed by atoms with Gasteiger partial charge in [0.05, 0.1) is 13.2 Å². The molecule has 0 fully saturated rings. The van der Waals surface area contributed by atoms with Crippen molar-refractivity contribution in [2.45, 2.75) is 26.8 Å². The predicted molar refractivity (Wildman–Crippen MR) is 66.4 cm³/mol. The number of carbonyl (C=O) groups excluding carboxylic acids is 1. The van der Waals surface area contributed by atoms with Gasteiger partial charge in [0.1, 0.15) is 0 Å². The maximum Gasteiger partial charge on any atom is 0.320 e. The molecule has 0 unspecified atom stereocenters. The van der Waals surface area contributed by atoms with Crippen LogP contribution >= 0.6 is 0 Å². The summed E-state index contributed by atoms with van der Waals surface area (Å²) in [5, 5.41) is 0. The molecule has 4 heteroatoms. The molecule has 0 aromatic carbocycles. The standard InChI is InChI=1S/C13H20N2O2/c1-3-8-15(11-13(16)17-4-2)10-12-6-5-7-14-9-12/h5-7,9H,3-4,8,10-11H2,1-2H3. The van der Waals surface area contributed by atoms with Gasteiger partial charge in [-0.25, -0.2) is 0 Å². The van der Waals surface area contributed by atoms with E-state index in [0.717, 1.165) is 25.1 Å². The second kappa shape index (κ2) is 7.79. The van der Waals surface area contributed by atoms with Crippen LogP contribution in [0.15, 0.2) is 24.5 Å². The molecule has 0 amide bonds. The van der Waals surface area contributed by atoms with Gasteiger partial charge in [-0.05, 0) is 31.5 Å². The molecule has 0 bridgehead atoms. The third-order valence-electron chi connectivity index (χ3n) is 2.33.